The lowest BCUT2D eigenvalue weighted by molar-refractivity contribution is -0.134. The Morgan fingerprint density at radius 2 is 2.23 bits per heavy atom. The predicted molar refractivity (Wildman–Crippen MR) is 79.7 cm³/mol. The van der Waals surface area contributed by atoms with Crippen LogP contribution >= 0.6 is 0 Å². The molecule has 2 heterocycles. The first-order valence-electron chi connectivity index (χ1n) is 7.40. The summed E-state index contributed by atoms with van der Waals surface area (Å²) in [4.78, 5) is 2.19. The van der Waals surface area contributed by atoms with Crippen LogP contribution in [-0.4, -0.2) is 52.1 Å². The molecule has 1 fully saturated rings. The number of hydrogen-bond acceptors (Lipinski definition) is 4. The third-order valence-electron chi connectivity index (χ3n) is 4.04. The average molecular weight is 305 g/mol. The van der Waals surface area contributed by atoms with Crippen LogP contribution in [-0.2, 0) is 17.7 Å². The molecule has 1 saturated heterocycles. The molecule has 5 nitrogen and oxygen atoms in total. The van der Waals surface area contributed by atoms with Gasteiger partial charge in [-0.3, -0.25) is 10.00 Å². The monoisotopic (exact) mass is 305 g/mol. The maximum atomic E-state index is 13.9. The molecule has 0 saturated carbocycles. The summed E-state index contributed by atoms with van der Waals surface area (Å²) in [5.74, 6) is -0.260. The third kappa shape index (κ3) is 3.35. The van der Waals surface area contributed by atoms with Crippen molar-refractivity contribution in [3.05, 3.63) is 53.6 Å². The summed E-state index contributed by atoms with van der Waals surface area (Å²) in [5, 5.41) is 16.7. The van der Waals surface area contributed by atoms with Crippen LogP contribution in [0, 0.1) is 5.82 Å². The maximum Gasteiger partial charge on any atom is 0.126 e. The van der Waals surface area contributed by atoms with Crippen LogP contribution in [0.5, 0.6) is 0 Å². The molecule has 2 N–H and O–H groups in total. The molecular formula is C16H20FN3O2. The molecule has 1 aromatic carbocycles. The van der Waals surface area contributed by atoms with E-state index < -0.39 is 5.60 Å². The Morgan fingerprint density at radius 3 is 2.95 bits per heavy atom. The van der Waals surface area contributed by atoms with Crippen LogP contribution in [0.25, 0.3) is 0 Å². The highest BCUT2D eigenvalue weighted by Crippen LogP contribution is 2.25. The number of halogens is 1. The van der Waals surface area contributed by atoms with Gasteiger partial charge in [-0.25, -0.2) is 4.39 Å². The van der Waals surface area contributed by atoms with Gasteiger partial charge >= 0.3 is 0 Å². The van der Waals surface area contributed by atoms with Crippen molar-refractivity contribution in [2.75, 3.05) is 26.3 Å². The van der Waals surface area contributed by atoms with Crippen LogP contribution < -0.4 is 0 Å². The van der Waals surface area contributed by atoms with Crippen molar-refractivity contribution < 1.29 is 14.2 Å². The lowest BCUT2D eigenvalue weighted by Gasteiger charge is -2.41. The highest BCUT2D eigenvalue weighted by atomic mass is 19.1. The van der Waals surface area contributed by atoms with Crippen LogP contribution in [0.3, 0.4) is 0 Å². The molecule has 3 rings (SSSR count). The molecule has 22 heavy (non-hydrogen) atoms. The molecule has 1 aliphatic heterocycles. The fraction of sp³-hybridized carbons (Fsp3) is 0.438. The van der Waals surface area contributed by atoms with Crippen molar-refractivity contribution in [3.63, 3.8) is 0 Å². The summed E-state index contributed by atoms with van der Waals surface area (Å²) < 4.78 is 19.7. The minimum absolute atomic E-state index is 0.138. The number of hydrogen-bond donors (Lipinski definition) is 2. The zero-order valence-corrected chi connectivity index (χ0v) is 12.3. The molecule has 1 aliphatic rings. The van der Waals surface area contributed by atoms with Crippen molar-refractivity contribution >= 4 is 0 Å². The van der Waals surface area contributed by atoms with Gasteiger partial charge in [-0.15, -0.1) is 0 Å². The van der Waals surface area contributed by atoms with Crippen molar-refractivity contribution in [3.8, 4) is 0 Å². The first-order chi connectivity index (χ1) is 10.7. The summed E-state index contributed by atoms with van der Waals surface area (Å²) in [6.07, 6.45) is 2.07. The van der Waals surface area contributed by atoms with Crippen molar-refractivity contribution in [2.24, 2.45) is 0 Å². The molecule has 1 aromatic heterocycles. The lowest BCUT2D eigenvalue weighted by atomic mass is 9.92. The second-order valence-electron chi connectivity index (χ2n) is 5.75. The zero-order chi connectivity index (χ0) is 15.4. The van der Waals surface area contributed by atoms with E-state index in [0.717, 1.165) is 12.2 Å². The smallest absolute Gasteiger partial charge is 0.126 e. The van der Waals surface area contributed by atoms with Crippen molar-refractivity contribution in [1.82, 2.24) is 15.1 Å². The summed E-state index contributed by atoms with van der Waals surface area (Å²) in [6.45, 7) is 2.42. The maximum absolute atomic E-state index is 13.9. The van der Waals surface area contributed by atoms with Gasteiger partial charge in [0.05, 0.1) is 13.2 Å². The first-order valence-corrected chi connectivity index (χ1v) is 7.40. The molecular weight excluding hydrogens is 285 g/mol. The highest BCUT2D eigenvalue weighted by molar-refractivity contribution is 5.20. The Labute approximate surface area is 128 Å². The number of ether oxygens (including phenoxy) is 1. The summed E-state index contributed by atoms with van der Waals surface area (Å²) in [6, 6.07) is 8.56. The van der Waals surface area contributed by atoms with Gasteiger partial charge in [0.2, 0.25) is 0 Å². The Bertz CT molecular complexity index is 605. The average Bonchev–Trinajstić information content (AvgIpc) is 3.03. The summed E-state index contributed by atoms with van der Waals surface area (Å²) in [5.41, 5.74) is 0.820. The van der Waals surface area contributed by atoms with Crippen LogP contribution in [0.1, 0.15) is 11.3 Å². The van der Waals surface area contributed by atoms with Gasteiger partial charge in [-0.05, 0) is 17.7 Å². The fourth-order valence-electron chi connectivity index (χ4n) is 2.92. The number of benzene rings is 1. The Hall–Kier alpha value is -1.76. The number of aromatic nitrogens is 2. The van der Waals surface area contributed by atoms with E-state index in [-0.39, 0.29) is 12.4 Å². The minimum atomic E-state index is -0.763. The molecule has 0 bridgehead atoms. The van der Waals surface area contributed by atoms with E-state index in [1.54, 1.807) is 24.4 Å². The van der Waals surface area contributed by atoms with Gasteiger partial charge < -0.3 is 9.84 Å². The number of morpholine rings is 1. The quantitative estimate of drug-likeness (QED) is 0.875. The van der Waals surface area contributed by atoms with Gasteiger partial charge in [0, 0.05) is 37.9 Å². The topological polar surface area (TPSA) is 61.4 Å². The van der Waals surface area contributed by atoms with Gasteiger partial charge in [0.1, 0.15) is 11.4 Å². The lowest BCUT2D eigenvalue weighted by Crippen LogP contribution is -2.55. The summed E-state index contributed by atoms with van der Waals surface area (Å²) in [7, 11) is 0. The number of rotatable bonds is 5. The first kappa shape index (κ1) is 15.1. The predicted octanol–water partition coefficient (Wildman–Crippen LogP) is 1.35. The van der Waals surface area contributed by atoms with Gasteiger partial charge in [0.15, 0.2) is 0 Å². The van der Waals surface area contributed by atoms with Crippen LogP contribution in [0.2, 0.25) is 0 Å². The van der Waals surface area contributed by atoms with E-state index in [2.05, 4.69) is 15.1 Å². The van der Waals surface area contributed by atoms with Crippen molar-refractivity contribution in [2.45, 2.75) is 18.6 Å². The molecule has 0 spiro atoms. The Balaban J connectivity index is 1.72. The molecule has 0 unspecified atom stereocenters. The molecule has 6 heteroatoms. The van der Waals surface area contributed by atoms with E-state index in [1.165, 1.54) is 6.07 Å². The fourth-order valence-corrected chi connectivity index (χ4v) is 2.92. The van der Waals surface area contributed by atoms with E-state index >= 15 is 0 Å². The van der Waals surface area contributed by atoms with Crippen LogP contribution in [0.15, 0.2) is 36.5 Å². The largest absolute Gasteiger partial charge is 0.393 e. The number of aliphatic hydroxyl groups is 1. The van der Waals surface area contributed by atoms with Crippen molar-refractivity contribution in [1.29, 1.82) is 0 Å². The van der Waals surface area contributed by atoms with E-state index in [0.29, 0.717) is 31.7 Å². The molecule has 118 valence electrons. The van der Waals surface area contributed by atoms with Gasteiger partial charge in [-0.1, -0.05) is 18.2 Å². The second-order valence-corrected chi connectivity index (χ2v) is 5.75. The third-order valence-corrected chi connectivity index (χ3v) is 4.04. The molecule has 0 amide bonds. The summed E-state index contributed by atoms with van der Waals surface area (Å²) >= 11 is 0. The van der Waals surface area contributed by atoms with Gasteiger partial charge in [-0.2, -0.15) is 5.10 Å². The SMILES string of the molecule is OC[C@]1(Cc2ccccc2F)CN(Cc2ccn[nH]2)CCO1. The van der Waals surface area contributed by atoms with E-state index in [1.807, 2.05) is 6.07 Å². The standard InChI is InChI=1S/C16H20FN3O2/c17-15-4-2-1-3-13(15)9-16(12-21)11-20(7-8-22-16)10-14-5-6-18-19-14/h1-6,21H,7-12H2,(H,18,19)/t16-/m0/s1. The number of nitrogens with zero attached hydrogens (tertiary/aromatic N) is 2. The number of aromatic amines is 1. The van der Waals surface area contributed by atoms with Gasteiger partial charge in [0.25, 0.3) is 0 Å². The minimum Gasteiger partial charge on any atom is -0.393 e. The molecule has 0 aliphatic carbocycles. The number of nitrogens with one attached hydrogen (secondary N) is 1. The second kappa shape index (κ2) is 6.56. The number of aliphatic hydroxyl groups excluding tert-OH is 1. The molecule has 1 atom stereocenters. The zero-order valence-electron chi connectivity index (χ0n) is 12.3. The number of H-pyrrole nitrogens is 1. The molecule has 2 aromatic rings. The van der Waals surface area contributed by atoms with E-state index in [4.69, 9.17) is 4.74 Å². The Kier molecular flexibility index (Phi) is 4.52. The Morgan fingerprint density at radius 1 is 1.36 bits per heavy atom. The normalized spacial score (nSPS) is 22.8. The van der Waals surface area contributed by atoms with Crippen LogP contribution in [0.4, 0.5) is 4.39 Å². The van der Waals surface area contributed by atoms with E-state index in [9.17, 15) is 9.50 Å². The molecule has 0 radical (unpaired) electrons. The highest BCUT2D eigenvalue weighted by Gasteiger charge is 2.37.